The molecule has 0 aromatic heterocycles. The smallest absolute Gasteiger partial charge is 0.123 e. The van der Waals surface area contributed by atoms with Crippen LogP contribution in [0.5, 0.6) is 0 Å². The van der Waals surface area contributed by atoms with Gasteiger partial charge in [0.2, 0.25) is 0 Å². The van der Waals surface area contributed by atoms with Gasteiger partial charge in [0.15, 0.2) is 0 Å². The van der Waals surface area contributed by atoms with Crippen molar-refractivity contribution in [2.24, 2.45) is 5.92 Å². The van der Waals surface area contributed by atoms with Gasteiger partial charge in [0.05, 0.1) is 18.1 Å². The number of nitriles is 2. The molecule has 1 aliphatic heterocycles. The second-order valence-electron chi connectivity index (χ2n) is 5.32. The molecule has 0 saturated carbocycles. The van der Waals surface area contributed by atoms with E-state index >= 15 is 0 Å². The van der Waals surface area contributed by atoms with Gasteiger partial charge in [-0.15, -0.1) is 0 Å². The van der Waals surface area contributed by atoms with Crippen molar-refractivity contribution in [3.8, 4) is 12.1 Å². The highest BCUT2D eigenvalue weighted by Gasteiger charge is 2.25. The summed E-state index contributed by atoms with van der Waals surface area (Å²) >= 11 is 0. The van der Waals surface area contributed by atoms with Gasteiger partial charge in [-0.25, -0.2) is 4.39 Å². The third-order valence-electron chi connectivity index (χ3n) is 3.88. The number of likely N-dealkylation sites (tertiary alicyclic amines) is 1. The summed E-state index contributed by atoms with van der Waals surface area (Å²) < 4.78 is 12.9. The molecule has 1 aromatic rings. The van der Waals surface area contributed by atoms with Crippen LogP contribution < -0.4 is 0 Å². The third-order valence-corrected chi connectivity index (χ3v) is 3.88. The lowest BCUT2D eigenvalue weighted by Gasteiger charge is -2.18. The van der Waals surface area contributed by atoms with E-state index in [1.54, 1.807) is 0 Å². The summed E-state index contributed by atoms with van der Waals surface area (Å²) in [6.45, 7) is 2.61. The van der Waals surface area contributed by atoms with Crippen LogP contribution in [0.3, 0.4) is 0 Å². The molecule has 104 valence electrons. The van der Waals surface area contributed by atoms with Crippen molar-refractivity contribution in [2.45, 2.75) is 25.2 Å². The number of halogens is 1. The van der Waals surface area contributed by atoms with Crippen molar-refractivity contribution in [1.82, 2.24) is 4.90 Å². The van der Waals surface area contributed by atoms with Gasteiger partial charge >= 0.3 is 0 Å². The molecule has 1 aliphatic rings. The zero-order valence-corrected chi connectivity index (χ0v) is 11.4. The average Bonchev–Trinajstić information content (AvgIpc) is 2.92. The van der Waals surface area contributed by atoms with E-state index in [2.05, 4.69) is 17.0 Å². The zero-order chi connectivity index (χ0) is 14.4. The van der Waals surface area contributed by atoms with Crippen molar-refractivity contribution >= 4 is 0 Å². The summed E-state index contributed by atoms with van der Waals surface area (Å²) in [6, 6.07) is 11.1. The van der Waals surface area contributed by atoms with E-state index in [1.807, 2.05) is 12.1 Å². The van der Waals surface area contributed by atoms with Crippen LogP contribution in [-0.2, 0) is 0 Å². The van der Waals surface area contributed by atoms with Crippen LogP contribution in [0.4, 0.5) is 4.39 Å². The normalized spacial score (nSPS) is 20.2. The van der Waals surface area contributed by atoms with Gasteiger partial charge in [0.25, 0.3) is 0 Å². The van der Waals surface area contributed by atoms with E-state index in [9.17, 15) is 4.39 Å². The highest BCUT2D eigenvalue weighted by atomic mass is 19.1. The monoisotopic (exact) mass is 271 g/mol. The molecule has 0 spiro atoms. The highest BCUT2D eigenvalue weighted by Crippen LogP contribution is 2.28. The summed E-state index contributed by atoms with van der Waals surface area (Å²) in [6.07, 6.45) is 2.13. The molecular formula is C16H18FN3. The summed E-state index contributed by atoms with van der Waals surface area (Å²) in [7, 11) is 0. The maximum Gasteiger partial charge on any atom is 0.123 e. The lowest BCUT2D eigenvalue weighted by Crippen LogP contribution is -2.26. The van der Waals surface area contributed by atoms with Crippen LogP contribution in [0.1, 0.15) is 30.7 Å². The first-order valence-electron chi connectivity index (χ1n) is 6.97. The standard InChI is InChI=1S/C16H18FN3/c17-16-5-3-14(4-6-16)15-7-9-20(12-15)11-13(10-19)2-1-8-18/h3-6,13,15H,1-2,7,9,11-12H2. The quantitative estimate of drug-likeness (QED) is 0.827. The van der Waals surface area contributed by atoms with E-state index in [0.29, 0.717) is 18.8 Å². The molecule has 1 heterocycles. The summed E-state index contributed by atoms with van der Waals surface area (Å²) in [4.78, 5) is 2.28. The van der Waals surface area contributed by atoms with E-state index < -0.39 is 0 Å². The van der Waals surface area contributed by atoms with Crippen LogP contribution in [0.15, 0.2) is 24.3 Å². The number of hydrogen-bond acceptors (Lipinski definition) is 3. The lowest BCUT2D eigenvalue weighted by atomic mass is 9.98. The largest absolute Gasteiger partial charge is 0.301 e. The summed E-state index contributed by atoms with van der Waals surface area (Å²) in [5.74, 6) is 0.150. The molecule has 2 atom stereocenters. The summed E-state index contributed by atoms with van der Waals surface area (Å²) in [5.41, 5.74) is 1.17. The first kappa shape index (κ1) is 14.5. The Balaban J connectivity index is 1.87. The lowest BCUT2D eigenvalue weighted by molar-refractivity contribution is 0.296. The number of hydrogen-bond donors (Lipinski definition) is 0. The fourth-order valence-corrected chi connectivity index (χ4v) is 2.75. The Kier molecular flexibility index (Phi) is 5.09. The molecular weight excluding hydrogens is 253 g/mol. The number of benzene rings is 1. The van der Waals surface area contributed by atoms with Gasteiger partial charge in [0.1, 0.15) is 5.82 Å². The molecule has 0 bridgehead atoms. The van der Waals surface area contributed by atoms with Crippen molar-refractivity contribution in [3.05, 3.63) is 35.6 Å². The molecule has 3 nitrogen and oxygen atoms in total. The Morgan fingerprint density at radius 3 is 2.70 bits per heavy atom. The molecule has 1 aromatic carbocycles. The predicted molar refractivity (Wildman–Crippen MR) is 74.1 cm³/mol. The number of nitrogens with zero attached hydrogens (tertiary/aromatic N) is 3. The molecule has 0 N–H and O–H groups in total. The molecule has 0 aliphatic carbocycles. The van der Waals surface area contributed by atoms with Gasteiger partial charge in [-0.2, -0.15) is 10.5 Å². The van der Waals surface area contributed by atoms with Crippen molar-refractivity contribution in [1.29, 1.82) is 10.5 Å². The molecule has 1 saturated heterocycles. The Bertz CT molecular complexity index is 512. The van der Waals surface area contributed by atoms with Gasteiger partial charge in [-0.1, -0.05) is 12.1 Å². The minimum absolute atomic E-state index is 0.0679. The predicted octanol–water partition coefficient (Wildman–Crippen LogP) is 3.06. The van der Waals surface area contributed by atoms with Gasteiger partial charge in [0, 0.05) is 19.5 Å². The molecule has 0 amide bonds. The minimum Gasteiger partial charge on any atom is -0.301 e. The molecule has 0 radical (unpaired) electrons. The fourth-order valence-electron chi connectivity index (χ4n) is 2.75. The van der Waals surface area contributed by atoms with Crippen LogP contribution in [-0.4, -0.2) is 24.5 Å². The Labute approximate surface area is 119 Å². The average molecular weight is 271 g/mol. The Hall–Kier alpha value is -1.91. The third kappa shape index (κ3) is 3.79. The molecule has 1 fully saturated rings. The van der Waals surface area contributed by atoms with E-state index in [0.717, 1.165) is 26.1 Å². The summed E-state index contributed by atoms with van der Waals surface area (Å²) in [5, 5.41) is 17.7. The second-order valence-corrected chi connectivity index (χ2v) is 5.32. The van der Waals surface area contributed by atoms with Crippen LogP contribution in [0.2, 0.25) is 0 Å². The number of rotatable bonds is 5. The fraction of sp³-hybridized carbons (Fsp3) is 0.500. The first-order valence-corrected chi connectivity index (χ1v) is 6.97. The first-order chi connectivity index (χ1) is 9.72. The van der Waals surface area contributed by atoms with Crippen molar-refractivity contribution in [3.63, 3.8) is 0 Å². The van der Waals surface area contributed by atoms with E-state index in [1.165, 1.54) is 17.7 Å². The van der Waals surface area contributed by atoms with Gasteiger partial charge in [-0.05, 0) is 43.0 Å². The second kappa shape index (κ2) is 7.03. The molecule has 2 unspecified atom stereocenters. The Morgan fingerprint density at radius 1 is 1.30 bits per heavy atom. The van der Waals surface area contributed by atoms with Crippen LogP contribution in [0.25, 0.3) is 0 Å². The van der Waals surface area contributed by atoms with E-state index in [-0.39, 0.29) is 11.7 Å². The van der Waals surface area contributed by atoms with Crippen LogP contribution >= 0.6 is 0 Å². The Morgan fingerprint density at radius 2 is 2.05 bits per heavy atom. The molecule has 4 heteroatoms. The van der Waals surface area contributed by atoms with Crippen LogP contribution in [0, 0.1) is 34.4 Å². The topological polar surface area (TPSA) is 50.8 Å². The van der Waals surface area contributed by atoms with Gasteiger partial charge in [-0.3, -0.25) is 0 Å². The maximum atomic E-state index is 12.9. The van der Waals surface area contributed by atoms with E-state index in [4.69, 9.17) is 10.5 Å². The molecule has 2 rings (SSSR count). The van der Waals surface area contributed by atoms with Crippen molar-refractivity contribution < 1.29 is 4.39 Å². The SMILES string of the molecule is N#CCCC(C#N)CN1CCC(c2ccc(F)cc2)C1. The highest BCUT2D eigenvalue weighted by molar-refractivity contribution is 5.22. The maximum absolute atomic E-state index is 12.9. The molecule has 20 heavy (non-hydrogen) atoms. The van der Waals surface area contributed by atoms with Gasteiger partial charge < -0.3 is 4.90 Å². The minimum atomic E-state index is -0.204. The zero-order valence-electron chi connectivity index (χ0n) is 11.4. The van der Waals surface area contributed by atoms with Crippen molar-refractivity contribution in [2.75, 3.05) is 19.6 Å².